The van der Waals surface area contributed by atoms with E-state index >= 15 is 0 Å². The molecular formula is C20H30IN5O3. The van der Waals surface area contributed by atoms with Gasteiger partial charge in [-0.05, 0) is 30.5 Å². The van der Waals surface area contributed by atoms with Crippen molar-refractivity contribution in [3.05, 3.63) is 29.8 Å². The van der Waals surface area contributed by atoms with E-state index in [1.165, 1.54) is 12.8 Å². The van der Waals surface area contributed by atoms with E-state index in [4.69, 9.17) is 4.74 Å². The number of cyclic esters (lactones) is 1. The highest BCUT2D eigenvalue weighted by molar-refractivity contribution is 14.0. The maximum absolute atomic E-state index is 11.9. The van der Waals surface area contributed by atoms with Gasteiger partial charge in [-0.15, -0.1) is 24.0 Å². The van der Waals surface area contributed by atoms with Crippen LogP contribution in [-0.4, -0.2) is 62.7 Å². The molecule has 2 N–H and O–H groups in total. The van der Waals surface area contributed by atoms with E-state index < -0.39 is 0 Å². The summed E-state index contributed by atoms with van der Waals surface area (Å²) in [6, 6.07) is 8.14. The second-order valence-corrected chi connectivity index (χ2v) is 7.36. The SMILES string of the molecule is CN(C)C(=O)CNC(=NCc1ccc(N2CCOC2=O)cc1)NC1CCCC1.I. The fourth-order valence-electron chi connectivity index (χ4n) is 3.31. The van der Waals surface area contributed by atoms with Crippen LogP contribution < -0.4 is 15.5 Å². The molecule has 0 atom stereocenters. The molecule has 9 heteroatoms. The fourth-order valence-corrected chi connectivity index (χ4v) is 3.31. The molecule has 0 unspecified atom stereocenters. The topological polar surface area (TPSA) is 86.3 Å². The Morgan fingerprint density at radius 1 is 1.24 bits per heavy atom. The van der Waals surface area contributed by atoms with Crippen molar-refractivity contribution in [1.29, 1.82) is 0 Å². The smallest absolute Gasteiger partial charge is 0.414 e. The number of rotatable bonds is 6. The van der Waals surface area contributed by atoms with Gasteiger partial charge in [-0.1, -0.05) is 25.0 Å². The van der Waals surface area contributed by atoms with E-state index in [-0.39, 0.29) is 42.5 Å². The van der Waals surface area contributed by atoms with Crippen LogP contribution in [0.15, 0.2) is 29.3 Å². The molecule has 3 rings (SSSR count). The van der Waals surface area contributed by atoms with Crippen LogP contribution in [0.3, 0.4) is 0 Å². The number of carbonyl (C=O) groups is 2. The second-order valence-electron chi connectivity index (χ2n) is 7.36. The predicted octanol–water partition coefficient (Wildman–Crippen LogP) is 2.33. The molecule has 1 aliphatic heterocycles. The number of hydrogen-bond donors (Lipinski definition) is 2. The van der Waals surface area contributed by atoms with Crippen LogP contribution in [0, 0.1) is 0 Å². The van der Waals surface area contributed by atoms with Crippen LogP contribution >= 0.6 is 24.0 Å². The van der Waals surface area contributed by atoms with Crippen molar-refractivity contribution in [3.8, 4) is 0 Å². The summed E-state index contributed by atoms with van der Waals surface area (Å²) in [6.07, 6.45) is 4.40. The fraction of sp³-hybridized carbons (Fsp3) is 0.550. The first-order valence-electron chi connectivity index (χ1n) is 9.81. The van der Waals surface area contributed by atoms with E-state index in [9.17, 15) is 9.59 Å². The van der Waals surface area contributed by atoms with Crippen LogP contribution in [0.5, 0.6) is 0 Å². The third-order valence-electron chi connectivity index (χ3n) is 5.03. The number of carbonyl (C=O) groups excluding carboxylic acids is 2. The number of anilines is 1. The zero-order chi connectivity index (χ0) is 19.9. The standard InChI is InChI=1S/C20H29N5O3.HI/c1-24(2)18(26)14-22-19(23-16-5-3-4-6-16)21-13-15-7-9-17(10-8-15)25-11-12-28-20(25)27;/h7-10,16H,3-6,11-14H2,1-2H3,(H2,21,22,23);1H. The Balaban J connectivity index is 0.00000300. The molecule has 0 radical (unpaired) electrons. The number of nitrogens with one attached hydrogen (secondary N) is 2. The molecule has 160 valence electrons. The monoisotopic (exact) mass is 515 g/mol. The maximum atomic E-state index is 11.9. The molecule has 0 bridgehead atoms. The maximum Gasteiger partial charge on any atom is 0.414 e. The Labute approximate surface area is 189 Å². The van der Waals surface area contributed by atoms with Gasteiger partial charge in [-0.3, -0.25) is 9.69 Å². The molecule has 2 amide bonds. The molecule has 1 saturated heterocycles. The van der Waals surface area contributed by atoms with E-state index in [1.807, 2.05) is 24.3 Å². The summed E-state index contributed by atoms with van der Waals surface area (Å²) in [5.74, 6) is 0.664. The lowest BCUT2D eigenvalue weighted by atomic mass is 10.2. The average molecular weight is 515 g/mol. The zero-order valence-corrected chi connectivity index (χ0v) is 19.3. The van der Waals surface area contributed by atoms with Gasteiger partial charge in [-0.25, -0.2) is 9.79 Å². The van der Waals surface area contributed by atoms with Crippen molar-refractivity contribution in [1.82, 2.24) is 15.5 Å². The zero-order valence-electron chi connectivity index (χ0n) is 17.0. The van der Waals surface area contributed by atoms with Gasteiger partial charge in [0.1, 0.15) is 6.61 Å². The van der Waals surface area contributed by atoms with Gasteiger partial charge in [-0.2, -0.15) is 0 Å². The number of nitrogens with zero attached hydrogens (tertiary/aromatic N) is 3. The summed E-state index contributed by atoms with van der Waals surface area (Å²) in [5, 5.41) is 6.58. The molecule has 1 aromatic rings. The van der Waals surface area contributed by atoms with Gasteiger partial charge in [0.25, 0.3) is 0 Å². The molecule has 0 aromatic heterocycles. The normalized spacial score (nSPS) is 17.0. The van der Waals surface area contributed by atoms with Crippen LogP contribution in [-0.2, 0) is 16.1 Å². The first-order chi connectivity index (χ1) is 13.5. The molecule has 29 heavy (non-hydrogen) atoms. The van der Waals surface area contributed by atoms with Crippen molar-refractivity contribution in [3.63, 3.8) is 0 Å². The van der Waals surface area contributed by atoms with Crippen molar-refractivity contribution in [2.45, 2.75) is 38.3 Å². The highest BCUT2D eigenvalue weighted by Gasteiger charge is 2.23. The molecule has 1 heterocycles. The number of hydrogen-bond acceptors (Lipinski definition) is 4. The lowest BCUT2D eigenvalue weighted by molar-refractivity contribution is -0.127. The first-order valence-corrected chi connectivity index (χ1v) is 9.81. The average Bonchev–Trinajstić information content (AvgIpc) is 3.35. The second kappa shape index (κ2) is 11.2. The largest absolute Gasteiger partial charge is 0.447 e. The minimum atomic E-state index is -0.302. The molecule has 2 fully saturated rings. The van der Waals surface area contributed by atoms with Gasteiger partial charge in [0.15, 0.2) is 5.96 Å². The minimum Gasteiger partial charge on any atom is -0.447 e. The molecule has 0 spiro atoms. The number of guanidine groups is 1. The Hall–Kier alpha value is -2.04. The van der Waals surface area contributed by atoms with Crippen LogP contribution in [0.1, 0.15) is 31.2 Å². The molecule has 2 aliphatic rings. The third kappa shape index (κ3) is 6.76. The van der Waals surface area contributed by atoms with E-state index in [2.05, 4.69) is 15.6 Å². The van der Waals surface area contributed by atoms with Crippen LogP contribution in [0.25, 0.3) is 0 Å². The number of halogens is 1. The minimum absolute atomic E-state index is 0. The lowest BCUT2D eigenvalue weighted by Crippen LogP contribution is -2.46. The van der Waals surface area contributed by atoms with Crippen LogP contribution in [0.2, 0.25) is 0 Å². The summed E-state index contributed by atoms with van der Waals surface area (Å²) in [4.78, 5) is 31.4. The molecule has 8 nitrogen and oxygen atoms in total. The third-order valence-corrected chi connectivity index (χ3v) is 5.03. The quantitative estimate of drug-likeness (QED) is 0.345. The molecule has 1 aliphatic carbocycles. The van der Waals surface area contributed by atoms with E-state index in [1.54, 1.807) is 23.9 Å². The summed E-state index contributed by atoms with van der Waals surface area (Å²) >= 11 is 0. The lowest BCUT2D eigenvalue weighted by Gasteiger charge is -2.18. The highest BCUT2D eigenvalue weighted by atomic mass is 127. The number of ether oxygens (including phenoxy) is 1. The Bertz CT molecular complexity index is 717. The van der Waals surface area contributed by atoms with Gasteiger partial charge in [0.05, 0.1) is 19.6 Å². The molecule has 1 aromatic carbocycles. The van der Waals surface area contributed by atoms with Gasteiger partial charge in [0.2, 0.25) is 5.91 Å². The number of benzene rings is 1. The van der Waals surface area contributed by atoms with Crippen LogP contribution in [0.4, 0.5) is 10.5 Å². The summed E-state index contributed by atoms with van der Waals surface area (Å²) in [5.41, 5.74) is 1.86. The van der Waals surface area contributed by atoms with Crippen molar-refractivity contribution in [2.24, 2.45) is 4.99 Å². The Morgan fingerprint density at radius 2 is 1.93 bits per heavy atom. The summed E-state index contributed by atoms with van der Waals surface area (Å²) < 4.78 is 4.97. The van der Waals surface area contributed by atoms with E-state index in [0.717, 1.165) is 24.1 Å². The predicted molar refractivity (Wildman–Crippen MR) is 124 cm³/mol. The molecule has 1 saturated carbocycles. The Morgan fingerprint density at radius 3 is 2.52 bits per heavy atom. The summed E-state index contributed by atoms with van der Waals surface area (Å²) in [6.45, 7) is 1.71. The van der Waals surface area contributed by atoms with Gasteiger partial charge < -0.3 is 20.3 Å². The van der Waals surface area contributed by atoms with E-state index in [0.29, 0.717) is 31.7 Å². The molecular weight excluding hydrogens is 485 g/mol. The number of likely N-dealkylation sites (N-methyl/N-ethyl adjacent to an activating group) is 1. The number of aliphatic imine (C=N–C) groups is 1. The van der Waals surface area contributed by atoms with Gasteiger partial charge in [0, 0.05) is 25.8 Å². The van der Waals surface area contributed by atoms with Crippen molar-refractivity contribution >= 4 is 47.6 Å². The van der Waals surface area contributed by atoms with Gasteiger partial charge >= 0.3 is 6.09 Å². The number of amides is 2. The highest BCUT2D eigenvalue weighted by Crippen LogP contribution is 2.20. The Kier molecular flexibility index (Phi) is 8.99. The first kappa shape index (κ1) is 23.2. The summed E-state index contributed by atoms with van der Waals surface area (Å²) in [7, 11) is 3.48. The van der Waals surface area contributed by atoms with Crippen molar-refractivity contribution < 1.29 is 14.3 Å². The van der Waals surface area contributed by atoms with Crippen molar-refractivity contribution in [2.75, 3.05) is 38.7 Å².